The minimum absolute atomic E-state index is 0.0832. The van der Waals surface area contributed by atoms with E-state index in [0.29, 0.717) is 17.1 Å². The van der Waals surface area contributed by atoms with Gasteiger partial charge in [-0.1, -0.05) is 0 Å². The molecule has 0 aliphatic rings. The zero-order valence-electron chi connectivity index (χ0n) is 11.0. The Morgan fingerprint density at radius 3 is 2.70 bits per heavy atom. The fourth-order valence-electron chi connectivity index (χ4n) is 1.63. The molecule has 20 heavy (non-hydrogen) atoms. The molecule has 2 N–H and O–H groups in total. The van der Waals surface area contributed by atoms with Gasteiger partial charge in [0.05, 0.1) is 12.8 Å². The SMILES string of the molecule is COc1ccc(C(=O)Nc2ccc(Br)c(C)n2)cc1O. The Bertz CT molecular complexity index is 659. The number of aryl methyl sites for hydroxylation is 1. The van der Waals surface area contributed by atoms with E-state index < -0.39 is 0 Å². The number of nitrogens with zero attached hydrogens (tertiary/aromatic N) is 1. The van der Waals surface area contributed by atoms with Gasteiger partial charge in [-0.05, 0) is 53.2 Å². The maximum Gasteiger partial charge on any atom is 0.256 e. The maximum atomic E-state index is 12.0. The first-order chi connectivity index (χ1) is 9.51. The van der Waals surface area contributed by atoms with Crippen LogP contribution in [-0.2, 0) is 0 Å². The first-order valence-electron chi connectivity index (χ1n) is 5.83. The molecule has 1 heterocycles. The predicted molar refractivity (Wildman–Crippen MR) is 79.3 cm³/mol. The molecule has 0 radical (unpaired) electrons. The van der Waals surface area contributed by atoms with Crippen LogP contribution in [0.2, 0.25) is 0 Å². The van der Waals surface area contributed by atoms with E-state index in [9.17, 15) is 9.90 Å². The van der Waals surface area contributed by atoms with E-state index in [0.717, 1.165) is 10.2 Å². The molecule has 0 fully saturated rings. The monoisotopic (exact) mass is 336 g/mol. The van der Waals surface area contributed by atoms with Gasteiger partial charge >= 0.3 is 0 Å². The molecule has 1 aromatic heterocycles. The van der Waals surface area contributed by atoms with Crippen LogP contribution in [0.5, 0.6) is 11.5 Å². The van der Waals surface area contributed by atoms with E-state index in [2.05, 4.69) is 26.2 Å². The number of ether oxygens (including phenoxy) is 1. The zero-order chi connectivity index (χ0) is 14.7. The molecular weight excluding hydrogens is 324 g/mol. The summed E-state index contributed by atoms with van der Waals surface area (Å²) in [5.41, 5.74) is 1.10. The lowest BCUT2D eigenvalue weighted by Crippen LogP contribution is -2.13. The van der Waals surface area contributed by atoms with Gasteiger partial charge in [0.25, 0.3) is 5.91 Å². The highest BCUT2D eigenvalue weighted by molar-refractivity contribution is 9.10. The van der Waals surface area contributed by atoms with Crippen molar-refractivity contribution in [2.75, 3.05) is 12.4 Å². The second-order valence-corrected chi connectivity index (χ2v) is 4.96. The summed E-state index contributed by atoms with van der Waals surface area (Å²) in [6.45, 7) is 1.83. The number of methoxy groups -OCH3 is 1. The van der Waals surface area contributed by atoms with E-state index in [1.165, 1.54) is 19.2 Å². The average Bonchev–Trinajstić information content (AvgIpc) is 2.42. The Morgan fingerprint density at radius 2 is 2.10 bits per heavy atom. The highest BCUT2D eigenvalue weighted by Crippen LogP contribution is 2.26. The first-order valence-corrected chi connectivity index (χ1v) is 6.62. The number of benzene rings is 1. The number of phenolic OH excluding ortho intramolecular Hbond substituents is 1. The van der Waals surface area contributed by atoms with Crippen molar-refractivity contribution in [3.63, 3.8) is 0 Å². The Balaban J connectivity index is 2.19. The van der Waals surface area contributed by atoms with Crippen molar-refractivity contribution in [2.24, 2.45) is 0 Å². The third-order valence-corrected chi connectivity index (χ3v) is 3.54. The normalized spacial score (nSPS) is 10.2. The van der Waals surface area contributed by atoms with Crippen LogP contribution in [0, 0.1) is 6.92 Å². The standard InChI is InChI=1S/C14H13BrN2O3/c1-8-10(15)4-6-13(16-8)17-14(19)9-3-5-12(20-2)11(18)7-9/h3-7,18H,1-2H3,(H,16,17,19). The number of nitrogens with one attached hydrogen (secondary N) is 1. The van der Waals surface area contributed by atoms with Gasteiger partial charge in [-0.15, -0.1) is 0 Å². The van der Waals surface area contributed by atoms with Crippen LogP contribution in [0.4, 0.5) is 5.82 Å². The van der Waals surface area contributed by atoms with Crippen molar-refractivity contribution < 1.29 is 14.6 Å². The molecule has 0 saturated carbocycles. The molecule has 5 nitrogen and oxygen atoms in total. The van der Waals surface area contributed by atoms with Crippen molar-refractivity contribution in [2.45, 2.75) is 6.92 Å². The van der Waals surface area contributed by atoms with E-state index in [4.69, 9.17) is 4.74 Å². The topological polar surface area (TPSA) is 71.5 Å². The van der Waals surface area contributed by atoms with E-state index >= 15 is 0 Å². The van der Waals surface area contributed by atoms with Crippen molar-refractivity contribution in [1.82, 2.24) is 4.98 Å². The molecule has 0 aliphatic heterocycles. The highest BCUT2D eigenvalue weighted by Gasteiger charge is 2.10. The van der Waals surface area contributed by atoms with Gasteiger partial charge in [0.15, 0.2) is 11.5 Å². The fourth-order valence-corrected chi connectivity index (χ4v) is 1.85. The highest BCUT2D eigenvalue weighted by atomic mass is 79.9. The number of hydrogen-bond acceptors (Lipinski definition) is 4. The summed E-state index contributed by atoms with van der Waals surface area (Å²) in [7, 11) is 1.45. The minimum Gasteiger partial charge on any atom is -0.504 e. The lowest BCUT2D eigenvalue weighted by molar-refractivity contribution is 0.102. The van der Waals surface area contributed by atoms with Gasteiger partial charge in [-0.2, -0.15) is 0 Å². The number of aromatic hydroxyl groups is 1. The number of halogens is 1. The van der Waals surface area contributed by atoms with Crippen LogP contribution < -0.4 is 10.1 Å². The van der Waals surface area contributed by atoms with Crippen molar-refractivity contribution in [3.8, 4) is 11.5 Å². The summed E-state index contributed by atoms with van der Waals surface area (Å²) in [4.78, 5) is 16.3. The molecule has 0 spiro atoms. The van der Waals surface area contributed by atoms with Gasteiger partial charge < -0.3 is 15.2 Å². The number of hydrogen-bond donors (Lipinski definition) is 2. The molecule has 1 amide bonds. The molecule has 0 bridgehead atoms. The number of pyridine rings is 1. The second-order valence-electron chi connectivity index (χ2n) is 4.10. The Labute approximate surface area is 124 Å². The van der Waals surface area contributed by atoms with Crippen molar-refractivity contribution >= 4 is 27.7 Å². The summed E-state index contributed by atoms with van der Waals surface area (Å²) in [6, 6.07) is 7.95. The molecule has 6 heteroatoms. The third kappa shape index (κ3) is 3.08. The van der Waals surface area contributed by atoms with E-state index in [1.54, 1.807) is 12.1 Å². The summed E-state index contributed by atoms with van der Waals surface area (Å²) >= 11 is 3.34. The summed E-state index contributed by atoms with van der Waals surface area (Å²) in [5.74, 6) is 0.336. The van der Waals surface area contributed by atoms with Crippen LogP contribution in [0.3, 0.4) is 0 Å². The molecule has 0 atom stereocenters. The number of carbonyl (C=O) groups is 1. The number of carbonyl (C=O) groups excluding carboxylic acids is 1. The third-order valence-electron chi connectivity index (χ3n) is 2.70. The number of rotatable bonds is 3. The first kappa shape index (κ1) is 14.3. The van der Waals surface area contributed by atoms with E-state index in [-0.39, 0.29) is 11.7 Å². The van der Waals surface area contributed by atoms with Crippen LogP contribution in [0.25, 0.3) is 0 Å². The second kappa shape index (κ2) is 5.92. The Hall–Kier alpha value is -2.08. The Morgan fingerprint density at radius 1 is 1.35 bits per heavy atom. The summed E-state index contributed by atoms with van der Waals surface area (Å²) in [5, 5.41) is 12.3. The summed E-state index contributed by atoms with van der Waals surface area (Å²) in [6.07, 6.45) is 0. The van der Waals surface area contributed by atoms with Gasteiger partial charge in [0.2, 0.25) is 0 Å². The van der Waals surface area contributed by atoms with Gasteiger partial charge in [-0.25, -0.2) is 4.98 Å². The number of phenols is 1. The van der Waals surface area contributed by atoms with Crippen LogP contribution in [-0.4, -0.2) is 23.1 Å². The lowest BCUT2D eigenvalue weighted by atomic mass is 10.2. The zero-order valence-corrected chi connectivity index (χ0v) is 12.6. The molecule has 104 valence electrons. The largest absolute Gasteiger partial charge is 0.504 e. The average molecular weight is 337 g/mol. The fraction of sp³-hybridized carbons (Fsp3) is 0.143. The van der Waals surface area contributed by atoms with Gasteiger partial charge in [-0.3, -0.25) is 4.79 Å². The molecular formula is C14H13BrN2O3. The molecule has 0 unspecified atom stereocenters. The maximum absolute atomic E-state index is 12.0. The van der Waals surface area contributed by atoms with Crippen molar-refractivity contribution in [1.29, 1.82) is 0 Å². The molecule has 2 rings (SSSR count). The van der Waals surface area contributed by atoms with E-state index in [1.807, 2.05) is 13.0 Å². The molecule has 2 aromatic rings. The number of amides is 1. The Kier molecular flexibility index (Phi) is 4.24. The van der Waals surface area contributed by atoms with Gasteiger partial charge in [0, 0.05) is 10.0 Å². The van der Waals surface area contributed by atoms with Gasteiger partial charge in [0.1, 0.15) is 5.82 Å². The molecule has 0 aliphatic carbocycles. The number of anilines is 1. The number of aromatic nitrogens is 1. The lowest BCUT2D eigenvalue weighted by Gasteiger charge is -2.08. The predicted octanol–water partition coefficient (Wildman–Crippen LogP) is 3.12. The molecule has 0 saturated heterocycles. The van der Waals surface area contributed by atoms with Crippen molar-refractivity contribution in [3.05, 3.63) is 46.1 Å². The minimum atomic E-state index is -0.350. The summed E-state index contributed by atoms with van der Waals surface area (Å²) < 4.78 is 5.80. The van der Waals surface area contributed by atoms with Crippen LogP contribution in [0.1, 0.15) is 16.1 Å². The molecule has 1 aromatic carbocycles. The van der Waals surface area contributed by atoms with Crippen LogP contribution in [0.15, 0.2) is 34.8 Å². The van der Waals surface area contributed by atoms with Crippen LogP contribution >= 0.6 is 15.9 Å². The smallest absolute Gasteiger partial charge is 0.256 e. The quantitative estimate of drug-likeness (QED) is 0.903.